The number of rotatable bonds is 6. The highest BCUT2D eigenvalue weighted by molar-refractivity contribution is 7.14. The summed E-state index contributed by atoms with van der Waals surface area (Å²) in [5.74, 6) is -2.20. The molecule has 2 aromatic carbocycles. The maximum atomic E-state index is 12.7. The Morgan fingerprint density at radius 1 is 0.972 bits per heavy atom. The van der Waals surface area contributed by atoms with Crippen molar-refractivity contribution in [3.8, 4) is 22.8 Å². The van der Waals surface area contributed by atoms with Crippen LogP contribution in [0.5, 0.6) is 11.5 Å². The molecule has 4 rings (SSSR count). The fraction of sp³-hybridized carbons (Fsp3) is 0.192. The molecular weight excluding hydrogens is 482 g/mol. The average Bonchev–Trinajstić information content (AvgIpc) is 3.33. The molecule has 186 valence electrons. The quantitative estimate of drug-likeness (QED) is 0.280. The van der Waals surface area contributed by atoms with Crippen molar-refractivity contribution in [1.29, 1.82) is 0 Å². The Morgan fingerprint density at radius 3 is 2.25 bits per heavy atom. The van der Waals surface area contributed by atoms with Gasteiger partial charge in [0, 0.05) is 28.0 Å². The van der Waals surface area contributed by atoms with Crippen LogP contribution in [0.2, 0.25) is 0 Å². The first-order valence-corrected chi connectivity index (χ1v) is 11.8. The first-order valence-electron chi connectivity index (χ1n) is 10.9. The van der Waals surface area contributed by atoms with Gasteiger partial charge in [0.25, 0.3) is 0 Å². The van der Waals surface area contributed by atoms with Crippen molar-refractivity contribution in [3.63, 3.8) is 0 Å². The molecule has 0 spiro atoms. The van der Waals surface area contributed by atoms with Gasteiger partial charge in [0.2, 0.25) is 0 Å². The number of hydrogen-bond donors (Lipinski definition) is 4. The van der Waals surface area contributed by atoms with E-state index in [-0.39, 0.29) is 11.5 Å². The van der Waals surface area contributed by atoms with E-state index >= 15 is 0 Å². The van der Waals surface area contributed by atoms with Crippen LogP contribution in [0.15, 0.2) is 70.4 Å². The molecule has 0 bridgehead atoms. The van der Waals surface area contributed by atoms with Crippen LogP contribution in [0.1, 0.15) is 25.3 Å². The monoisotopic (exact) mass is 507 g/mol. The number of aromatic hydroxyl groups is 2. The van der Waals surface area contributed by atoms with Crippen molar-refractivity contribution in [2.24, 2.45) is 0 Å². The molecule has 36 heavy (non-hydrogen) atoms. The van der Waals surface area contributed by atoms with Gasteiger partial charge in [-0.15, -0.1) is 11.3 Å². The lowest BCUT2D eigenvalue weighted by Gasteiger charge is -2.30. The third kappa shape index (κ3) is 4.76. The second kappa shape index (κ2) is 10.1. The lowest BCUT2D eigenvalue weighted by molar-refractivity contribution is -0.137. The van der Waals surface area contributed by atoms with Crippen molar-refractivity contribution in [2.45, 2.75) is 19.8 Å². The molecule has 1 aromatic heterocycles. The van der Waals surface area contributed by atoms with E-state index in [9.17, 15) is 19.8 Å². The number of allylic oxidation sites excluding steroid dienone is 2. The summed E-state index contributed by atoms with van der Waals surface area (Å²) in [6.45, 7) is 3.52. The van der Waals surface area contributed by atoms with Gasteiger partial charge in [-0.2, -0.15) is 0 Å². The van der Waals surface area contributed by atoms with Crippen LogP contribution in [0.4, 0.5) is 10.8 Å². The molecular formula is C26H25N3O6S. The second-order valence-corrected chi connectivity index (χ2v) is 8.97. The van der Waals surface area contributed by atoms with Crippen molar-refractivity contribution in [3.05, 3.63) is 75.9 Å². The van der Waals surface area contributed by atoms with E-state index < -0.39 is 17.9 Å². The Kier molecular flexibility index (Phi) is 6.98. The van der Waals surface area contributed by atoms with E-state index in [2.05, 4.69) is 15.6 Å². The van der Waals surface area contributed by atoms with Gasteiger partial charge >= 0.3 is 11.9 Å². The van der Waals surface area contributed by atoms with Gasteiger partial charge < -0.3 is 30.3 Å². The van der Waals surface area contributed by atoms with E-state index in [1.54, 1.807) is 19.9 Å². The second-order valence-electron chi connectivity index (χ2n) is 8.11. The Morgan fingerprint density at radius 2 is 1.64 bits per heavy atom. The molecule has 0 atom stereocenters. The molecule has 1 aliphatic rings. The largest absolute Gasteiger partial charge is 0.504 e. The molecule has 0 unspecified atom stereocenters. The summed E-state index contributed by atoms with van der Waals surface area (Å²) in [5.41, 5.74) is 4.52. The predicted molar refractivity (Wildman–Crippen MR) is 136 cm³/mol. The Balaban J connectivity index is 1.69. The van der Waals surface area contributed by atoms with E-state index in [4.69, 9.17) is 9.47 Å². The van der Waals surface area contributed by atoms with Crippen LogP contribution in [0.3, 0.4) is 0 Å². The minimum Gasteiger partial charge on any atom is -0.504 e. The first kappa shape index (κ1) is 24.8. The van der Waals surface area contributed by atoms with E-state index in [0.29, 0.717) is 50.2 Å². The number of anilines is 2. The van der Waals surface area contributed by atoms with E-state index in [0.717, 1.165) is 0 Å². The number of carbonyl (C=O) groups is 2. The zero-order valence-electron chi connectivity index (χ0n) is 20.1. The maximum Gasteiger partial charge on any atom is 0.336 e. The number of ether oxygens (including phenoxy) is 2. The summed E-state index contributed by atoms with van der Waals surface area (Å²) in [5, 5.41) is 28.1. The Labute approximate surface area is 211 Å². The van der Waals surface area contributed by atoms with Gasteiger partial charge in [-0.25, -0.2) is 14.6 Å². The zero-order valence-corrected chi connectivity index (χ0v) is 20.9. The van der Waals surface area contributed by atoms with Crippen molar-refractivity contribution >= 4 is 34.1 Å². The van der Waals surface area contributed by atoms with Crippen molar-refractivity contribution in [2.75, 3.05) is 19.5 Å². The van der Waals surface area contributed by atoms with Crippen LogP contribution >= 0.6 is 11.3 Å². The van der Waals surface area contributed by atoms with Crippen molar-refractivity contribution < 1.29 is 29.3 Å². The number of esters is 2. The van der Waals surface area contributed by atoms with Gasteiger partial charge in [-0.05, 0) is 49.7 Å². The molecule has 1 aliphatic heterocycles. The lowest BCUT2D eigenvalue weighted by atomic mass is 9.80. The molecule has 9 nitrogen and oxygen atoms in total. The summed E-state index contributed by atoms with van der Waals surface area (Å²) in [7, 11) is 2.60. The third-order valence-corrected chi connectivity index (χ3v) is 6.58. The smallest absolute Gasteiger partial charge is 0.336 e. The number of methoxy groups -OCH3 is 2. The highest BCUT2D eigenvalue weighted by Crippen LogP contribution is 2.40. The van der Waals surface area contributed by atoms with Crippen molar-refractivity contribution in [1.82, 2.24) is 10.3 Å². The molecule has 4 N–H and O–H groups in total. The highest BCUT2D eigenvalue weighted by Gasteiger charge is 2.37. The van der Waals surface area contributed by atoms with Gasteiger partial charge in [0.1, 0.15) is 0 Å². The van der Waals surface area contributed by atoms with Crippen LogP contribution < -0.4 is 10.6 Å². The number of thiazole rings is 1. The summed E-state index contributed by atoms with van der Waals surface area (Å²) in [4.78, 5) is 30.0. The third-order valence-electron chi connectivity index (χ3n) is 5.82. The van der Waals surface area contributed by atoms with E-state index in [1.165, 1.54) is 37.7 Å². The zero-order chi connectivity index (χ0) is 26.0. The molecule has 3 aromatic rings. The number of nitrogens with one attached hydrogen (secondary N) is 2. The maximum absolute atomic E-state index is 12.7. The molecule has 0 aliphatic carbocycles. The predicted octanol–water partition coefficient (Wildman–Crippen LogP) is 4.55. The molecule has 0 fully saturated rings. The van der Waals surface area contributed by atoms with Crippen LogP contribution in [0.25, 0.3) is 11.3 Å². The van der Waals surface area contributed by atoms with Crippen LogP contribution in [-0.4, -0.2) is 41.4 Å². The fourth-order valence-corrected chi connectivity index (χ4v) is 4.89. The molecule has 0 saturated carbocycles. The van der Waals surface area contributed by atoms with E-state index in [1.807, 2.05) is 29.6 Å². The van der Waals surface area contributed by atoms with Crippen LogP contribution in [-0.2, 0) is 19.1 Å². The van der Waals surface area contributed by atoms with Gasteiger partial charge in [-0.1, -0.05) is 12.1 Å². The molecule has 10 heteroatoms. The van der Waals surface area contributed by atoms with Gasteiger partial charge in [0.05, 0.1) is 37.0 Å². The molecule has 0 radical (unpaired) electrons. The normalized spacial score (nSPS) is 13.9. The Hall–Kier alpha value is -4.31. The lowest BCUT2D eigenvalue weighted by Crippen LogP contribution is -2.32. The topological polar surface area (TPSA) is 130 Å². The molecule has 0 saturated heterocycles. The van der Waals surface area contributed by atoms with Crippen LogP contribution in [0, 0.1) is 0 Å². The SMILES string of the molecule is COC(=O)C1=C(C)NC(C)=C(C(=O)OC)C1c1cccc(Nc2nc(-c3ccc(O)c(O)c3)cs2)c1. The molecule has 0 amide bonds. The number of phenolic OH excluding ortho intramolecular Hbond substituents is 2. The Bertz CT molecular complexity index is 1370. The minimum atomic E-state index is -0.695. The number of nitrogens with zero attached hydrogens (tertiary/aromatic N) is 1. The summed E-state index contributed by atoms with van der Waals surface area (Å²) in [6, 6.07) is 11.9. The number of carbonyl (C=O) groups excluding carboxylic acids is 2. The first-order chi connectivity index (χ1) is 17.2. The number of dihydropyridines is 1. The number of benzene rings is 2. The fourth-order valence-electron chi connectivity index (χ4n) is 4.15. The number of phenols is 2. The summed E-state index contributed by atoms with van der Waals surface area (Å²) < 4.78 is 10.1. The summed E-state index contributed by atoms with van der Waals surface area (Å²) >= 11 is 1.37. The highest BCUT2D eigenvalue weighted by atomic mass is 32.1. The molecule has 2 heterocycles. The van der Waals surface area contributed by atoms with Gasteiger partial charge in [0.15, 0.2) is 16.6 Å². The standard InChI is InChI=1S/C26H25N3O6S/c1-13-21(24(32)34-3)23(22(14(2)27-13)25(33)35-4)16-6-5-7-17(10-16)28-26-29-18(12-36-26)15-8-9-19(30)20(31)11-15/h5-12,23,27,30-31H,1-4H3,(H,28,29). The van der Waals surface area contributed by atoms with Gasteiger partial charge in [-0.3, -0.25) is 0 Å². The number of aromatic nitrogens is 1. The minimum absolute atomic E-state index is 0.201. The number of hydrogen-bond acceptors (Lipinski definition) is 10. The average molecular weight is 508 g/mol. The summed E-state index contributed by atoms with van der Waals surface area (Å²) in [6.07, 6.45) is 0.